The SMILES string of the molecule is CCOc1cc(/C=C2\N=C(c3ccc(I)c(C)c3)OC2=O)ccc1OC(C)CC. The van der Waals surface area contributed by atoms with Gasteiger partial charge in [-0.2, -0.15) is 0 Å². The molecule has 0 amide bonds. The first-order valence-corrected chi connectivity index (χ1v) is 10.7. The lowest BCUT2D eigenvalue weighted by atomic mass is 10.1. The first-order valence-electron chi connectivity index (χ1n) is 9.63. The van der Waals surface area contributed by atoms with E-state index in [-0.39, 0.29) is 11.8 Å². The van der Waals surface area contributed by atoms with E-state index in [4.69, 9.17) is 14.2 Å². The number of rotatable bonds is 7. The zero-order chi connectivity index (χ0) is 21.0. The number of cyclic esters (lactones) is 1. The van der Waals surface area contributed by atoms with E-state index in [1.807, 2.05) is 57.2 Å². The maximum absolute atomic E-state index is 12.3. The Balaban J connectivity index is 1.90. The molecule has 1 atom stereocenters. The predicted octanol–water partition coefficient (Wildman–Crippen LogP) is 5.52. The van der Waals surface area contributed by atoms with Crippen molar-refractivity contribution in [1.82, 2.24) is 0 Å². The van der Waals surface area contributed by atoms with E-state index in [0.29, 0.717) is 24.0 Å². The van der Waals surface area contributed by atoms with Crippen LogP contribution in [0.2, 0.25) is 0 Å². The summed E-state index contributed by atoms with van der Waals surface area (Å²) >= 11 is 2.27. The van der Waals surface area contributed by atoms with Crippen molar-refractivity contribution in [3.8, 4) is 11.5 Å². The third-order valence-corrected chi connectivity index (χ3v) is 5.71. The van der Waals surface area contributed by atoms with E-state index in [2.05, 4.69) is 34.5 Å². The maximum atomic E-state index is 12.3. The predicted molar refractivity (Wildman–Crippen MR) is 122 cm³/mol. The van der Waals surface area contributed by atoms with Gasteiger partial charge in [-0.15, -0.1) is 0 Å². The van der Waals surface area contributed by atoms with Gasteiger partial charge in [-0.05, 0) is 97.3 Å². The number of hydrogen-bond donors (Lipinski definition) is 0. The van der Waals surface area contributed by atoms with Gasteiger partial charge in [0.25, 0.3) is 0 Å². The van der Waals surface area contributed by atoms with Gasteiger partial charge in [0.1, 0.15) is 0 Å². The van der Waals surface area contributed by atoms with Crippen molar-refractivity contribution < 1.29 is 19.0 Å². The Bertz CT molecular complexity index is 981. The lowest BCUT2D eigenvalue weighted by Gasteiger charge is -2.16. The highest BCUT2D eigenvalue weighted by molar-refractivity contribution is 14.1. The largest absolute Gasteiger partial charge is 0.490 e. The second kappa shape index (κ2) is 9.43. The molecule has 3 rings (SSSR count). The van der Waals surface area contributed by atoms with Crippen LogP contribution in [-0.4, -0.2) is 24.6 Å². The fourth-order valence-corrected chi connectivity index (χ4v) is 3.08. The van der Waals surface area contributed by atoms with E-state index >= 15 is 0 Å². The van der Waals surface area contributed by atoms with Crippen LogP contribution in [0.4, 0.5) is 0 Å². The number of halogens is 1. The maximum Gasteiger partial charge on any atom is 0.363 e. The van der Waals surface area contributed by atoms with Crippen LogP contribution >= 0.6 is 22.6 Å². The van der Waals surface area contributed by atoms with E-state index < -0.39 is 5.97 Å². The summed E-state index contributed by atoms with van der Waals surface area (Å²) in [5, 5.41) is 0. The van der Waals surface area contributed by atoms with Crippen LogP contribution in [0, 0.1) is 10.5 Å². The standard InChI is InChI=1S/C23H24INO4/c1-5-15(4)28-20-10-7-16(13-21(20)27-6-2)12-19-23(26)29-22(25-19)17-8-9-18(24)14(3)11-17/h7-13,15H,5-6H2,1-4H3/b19-12-. The van der Waals surface area contributed by atoms with Crippen LogP contribution in [0.25, 0.3) is 6.08 Å². The molecule has 0 saturated heterocycles. The smallest absolute Gasteiger partial charge is 0.363 e. The first kappa shape index (κ1) is 21.4. The van der Waals surface area contributed by atoms with Crippen molar-refractivity contribution in [1.29, 1.82) is 0 Å². The van der Waals surface area contributed by atoms with Gasteiger partial charge in [-0.25, -0.2) is 9.79 Å². The molecule has 0 aromatic heterocycles. The molecule has 2 aromatic carbocycles. The summed E-state index contributed by atoms with van der Waals surface area (Å²) in [5.41, 5.74) is 2.94. The van der Waals surface area contributed by atoms with Crippen molar-refractivity contribution in [3.05, 3.63) is 62.4 Å². The monoisotopic (exact) mass is 505 g/mol. The molecular weight excluding hydrogens is 481 g/mol. The minimum atomic E-state index is -0.464. The fraction of sp³-hybridized carbons (Fsp3) is 0.304. The van der Waals surface area contributed by atoms with Crippen molar-refractivity contribution in [2.45, 2.75) is 40.2 Å². The number of benzene rings is 2. The number of ether oxygens (including phenoxy) is 3. The molecule has 0 radical (unpaired) electrons. The average molecular weight is 505 g/mol. The topological polar surface area (TPSA) is 57.1 Å². The highest BCUT2D eigenvalue weighted by Crippen LogP contribution is 2.31. The van der Waals surface area contributed by atoms with Gasteiger partial charge in [0.15, 0.2) is 17.2 Å². The summed E-state index contributed by atoms with van der Waals surface area (Å²) in [6.45, 7) is 8.54. The second-order valence-corrected chi connectivity index (χ2v) is 7.94. The molecule has 0 spiro atoms. The van der Waals surface area contributed by atoms with Crippen LogP contribution in [0.1, 0.15) is 43.9 Å². The Morgan fingerprint density at radius 2 is 1.97 bits per heavy atom. The van der Waals surface area contributed by atoms with Gasteiger partial charge >= 0.3 is 5.97 Å². The number of aliphatic imine (C=N–C) groups is 1. The molecule has 0 aliphatic carbocycles. The molecule has 152 valence electrons. The molecule has 5 nitrogen and oxygen atoms in total. The summed E-state index contributed by atoms with van der Waals surface area (Å²) in [7, 11) is 0. The Kier molecular flexibility index (Phi) is 6.95. The highest BCUT2D eigenvalue weighted by atomic mass is 127. The molecule has 2 aromatic rings. The fourth-order valence-electron chi connectivity index (χ4n) is 2.75. The van der Waals surface area contributed by atoms with Crippen LogP contribution < -0.4 is 9.47 Å². The van der Waals surface area contributed by atoms with Crippen LogP contribution in [0.15, 0.2) is 47.1 Å². The molecule has 0 saturated carbocycles. The quantitative estimate of drug-likeness (QED) is 0.283. The molecule has 0 bridgehead atoms. The van der Waals surface area contributed by atoms with E-state index in [1.165, 1.54) is 0 Å². The third-order valence-electron chi connectivity index (χ3n) is 4.50. The second-order valence-electron chi connectivity index (χ2n) is 6.78. The van der Waals surface area contributed by atoms with Crippen molar-refractivity contribution in [3.63, 3.8) is 0 Å². The van der Waals surface area contributed by atoms with Crippen LogP contribution in [0.3, 0.4) is 0 Å². The zero-order valence-electron chi connectivity index (χ0n) is 17.0. The molecule has 0 N–H and O–H groups in total. The average Bonchev–Trinajstić information content (AvgIpc) is 3.06. The third kappa shape index (κ3) is 5.18. The zero-order valence-corrected chi connectivity index (χ0v) is 19.1. The van der Waals surface area contributed by atoms with Gasteiger partial charge in [0, 0.05) is 9.13 Å². The summed E-state index contributed by atoms with van der Waals surface area (Å²) < 4.78 is 18.2. The highest BCUT2D eigenvalue weighted by Gasteiger charge is 2.24. The Hall–Kier alpha value is -2.35. The Morgan fingerprint density at radius 3 is 2.66 bits per heavy atom. The molecule has 0 fully saturated rings. The lowest BCUT2D eigenvalue weighted by molar-refractivity contribution is -0.129. The number of esters is 1. The summed E-state index contributed by atoms with van der Waals surface area (Å²) in [6, 6.07) is 11.4. The van der Waals surface area contributed by atoms with Crippen LogP contribution in [-0.2, 0) is 9.53 Å². The van der Waals surface area contributed by atoms with Gasteiger partial charge in [0.2, 0.25) is 5.90 Å². The molecule has 1 aliphatic rings. The minimum Gasteiger partial charge on any atom is -0.490 e. The first-order chi connectivity index (χ1) is 13.9. The van der Waals surface area contributed by atoms with E-state index in [9.17, 15) is 4.79 Å². The minimum absolute atomic E-state index is 0.0905. The number of carbonyl (C=O) groups excluding carboxylic acids is 1. The molecule has 1 unspecified atom stereocenters. The molecule has 29 heavy (non-hydrogen) atoms. The van der Waals surface area contributed by atoms with Crippen molar-refractivity contribution >= 4 is 40.5 Å². The molecular formula is C23H24INO4. The lowest BCUT2D eigenvalue weighted by Crippen LogP contribution is -2.10. The van der Waals surface area contributed by atoms with E-state index in [1.54, 1.807) is 6.08 Å². The molecule has 6 heteroatoms. The number of aryl methyl sites for hydroxylation is 1. The van der Waals surface area contributed by atoms with Gasteiger partial charge in [0.05, 0.1) is 12.7 Å². The van der Waals surface area contributed by atoms with Gasteiger partial charge < -0.3 is 14.2 Å². The van der Waals surface area contributed by atoms with Crippen LogP contribution in [0.5, 0.6) is 11.5 Å². The molecule has 1 aliphatic heterocycles. The summed E-state index contributed by atoms with van der Waals surface area (Å²) in [6.07, 6.45) is 2.69. The normalized spacial score (nSPS) is 15.8. The molecule has 1 heterocycles. The van der Waals surface area contributed by atoms with Crippen molar-refractivity contribution in [2.24, 2.45) is 4.99 Å². The number of hydrogen-bond acceptors (Lipinski definition) is 5. The number of carbonyl (C=O) groups is 1. The summed E-state index contributed by atoms with van der Waals surface area (Å²) in [5.74, 6) is 1.19. The van der Waals surface area contributed by atoms with Gasteiger partial charge in [-0.3, -0.25) is 0 Å². The van der Waals surface area contributed by atoms with Crippen molar-refractivity contribution in [2.75, 3.05) is 6.61 Å². The van der Waals surface area contributed by atoms with Gasteiger partial charge in [-0.1, -0.05) is 13.0 Å². The summed E-state index contributed by atoms with van der Waals surface area (Å²) in [4.78, 5) is 16.7. The Labute approximate surface area is 184 Å². The number of nitrogens with zero attached hydrogens (tertiary/aromatic N) is 1. The Morgan fingerprint density at radius 1 is 1.17 bits per heavy atom. The van der Waals surface area contributed by atoms with E-state index in [0.717, 1.165) is 26.7 Å².